The van der Waals surface area contributed by atoms with Crippen LogP contribution in [0.25, 0.3) is 0 Å². The molecule has 0 fully saturated rings. The summed E-state index contributed by atoms with van der Waals surface area (Å²) in [5, 5.41) is 8.73. The standard InChI is InChI=1S/C10H19N3O2.2ClH/c1-8(11)13-7-5-3-4-6-10(2,12)9(14)15;;/h3,5H,4,6-7,12H2,1-2H3,(H2,11,13)(H,14,15);2*1H/b5-3-;;. The maximum Gasteiger partial charge on any atom is 0.323 e. The van der Waals surface area contributed by atoms with Crippen LogP contribution >= 0.6 is 24.8 Å². The fraction of sp³-hybridized carbons (Fsp3) is 0.600. The molecule has 0 aliphatic carbocycles. The van der Waals surface area contributed by atoms with Crippen LogP contribution in [0.1, 0.15) is 26.7 Å². The number of nitrogens with two attached hydrogens (primary N) is 2. The Morgan fingerprint density at radius 3 is 2.35 bits per heavy atom. The molecular formula is C10H21Cl2N3O2. The van der Waals surface area contributed by atoms with Gasteiger partial charge in [-0.1, -0.05) is 12.2 Å². The van der Waals surface area contributed by atoms with Gasteiger partial charge in [-0.3, -0.25) is 9.79 Å². The Morgan fingerprint density at radius 2 is 1.94 bits per heavy atom. The lowest BCUT2D eigenvalue weighted by molar-refractivity contribution is -0.142. The second-order valence-electron chi connectivity index (χ2n) is 3.71. The van der Waals surface area contributed by atoms with E-state index in [0.717, 1.165) is 0 Å². The van der Waals surface area contributed by atoms with Crippen LogP contribution in [0.3, 0.4) is 0 Å². The minimum absolute atomic E-state index is 0. The highest BCUT2D eigenvalue weighted by molar-refractivity contribution is 5.85. The molecule has 0 aromatic heterocycles. The van der Waals surface area contributed by atoms with Crippen molar-refractivity contribution in [1.29, 1.82) is 0 Å². The Balaban J connectivity index is -0.000000980. The van der Waals surface area contributed by atoms with Crippen LogP contribution in [0.15, 0.2) is 17.1 Å². The SMILES string of the molecule is CC(N)=NC/C=C\CCC(C)(N)C(=O)O.Cl.Cl. The molecule has 0 heterocycles. The maximum absolute atomic E-state index is 10.6. The monoisotopic (exact) mass is 285 g/mol. The molecule has 0 amide bonds. The summed E-state index contributed by atoms with van der Waals surface area (Å²) < 4.78 is 0. The van der Waals surface area contributed by atoms with Gasteiger partial charge in [0.25, 0.3) is 0 Å². The van der Waals surface area contributed by atoms with Crippen LogP contribution in [0.2, 0.25) is 0 Å². The zero-order chi connectivity index (χ0) is 11.9. The first-order valence-electron chi connectivity index (χ1n) is 4.80. The molecule has 0 aliphatic rings. The van der Waals surface area contributed by atoms with Gasteiger partial charge in [0.1, 0.15) is 5.54 Å². The van der Waals surface area contributed by atoms with Gasteiger partial charge in [-0.05, 0) is 26.7 Å². The largest absolute Gasteiger partial charge is 0.480 e. The Kier molecular flexibility index (Phi) is 13.1. The number of halogens is 2. The lowest BCUT2D eigenvalue weighted by Crippen LogP contribution is -2.44. The van der Waals surface area contributed by atoms with Gasteiger partial charge >= 0.3 is 5.97 Å². The van der Waals surface area contributed by atoms with Crippen LogP contribution in [0.5, 0.6) is 0 Å². The average Bonchev–Trinajstić information content (AvgIpc) is 2.10. The van der Waals surface area contributed by atoms with Gasteiger partial charge in [0.15, 0.2) is 0 Å². The summed E-state index contributed by atoms with van der Waals surface area (Å²) in [4.78, 5) is 14.6. The van der Waals surface area contributed by atoms with Crippen LogP contribution in [-0.4, -0.2) is 29.0 Å². The van der Waals surface area contributed by atoms with Crippen molar-refractivity contribution in [2.24, 2.45) is 16.5 Å². The molecule has 0 rings (SSSR count). The van der Waals surface area contributed by atoms with Gasteiger partial charge in [0, 0.05) is 0 Å². The van der Waals surface area contributed by atoms with Crippen molar-refractivity contribution in [3.63, 3.8) is 0 Å². The van der Waals surface area contributed by atoms with Crippen molar-refractivity contribution in [3.8, 4) is 0 Å². The maximum atomic E-state index is 10.6. The Labute approximate surface area is 114 Å². The van der Waals surface area contributed by atoms with E-state index in [1.54, 1.807) is 6.92 Å². The predicted molar refractivity (Wildman–Crippen MR) is 75.3 cm³/mol. The zero-order valence-corrected chi connectivity index (χ0v) is 11.7. The van der Waals surface area contributed by atoms with Gasteiger partial charge in [0.2, 0.25) is 0 Å². The Morgan fingerprint density at radius 1 is 1.41 bits per heavy atom. The second kappa shape index (κ2) is 10.4. The Hall–Kier alpha value is -0.780. The third-order valence-electron chi connectivity index (χ3n) is 1.93. The van der Waals surface area contributed by atoms with Gasteiger partial charge in [-0.15, -0.1) is 24.8 Å². The third kappa shape index (κ3) is 11.5. The van der Waals surface area contributed by atoms with Crippen LogP contribution in [0.4, 0.5) is 0 Å². The number of carbonyl (C=O) groups is 1. The minimum Gasteiger partial charge on any atom is -0.480 e. The van der Waals surface area contributed by atoms with E-state index in [2.05, 4.69) is 4.99 Å². The number of hydrogen-bond donors (Lipinski definition) is 3. The molecule has 7 heteroatoms. The summed E-state index contributed by atoms with van der Waals surface area (Å²) in [7, 11) is 0. The van der Waals surface area contributed by atoms with Crippen molar-refractivity contribution < 1.29 is 9.90 Å². The summed E-state index contributed by atoms with van der Waals surface area (Å²) in [6.07, 6.45) is 4.73. The molecule has 0 aliphatic heterocycles. The fourth-order valence-electron chi connectivity index (χ4n) is 0.879. The highest BCUT2D eigenvalue weighted by atomic mass is 35.5. The van der Waals surface area contributed by atoms with Crippen LogP contribution in [0, 0.1) is 0 Å². The quantitative estimate of drug-likeness (QED) is 0.389. The zero-order valence-electron chi connectivity index (χ0n) is 10.0. The smallest absolute Gasteiger partial charge is 0.323 e. The summed E-state index contributed by atoms with van der Waals surface area (Å²) in [6.45, 7) is 3.75. The van der Waals surface area contributed by atoms with Gasteiger partial charge in [0.05, 0.1) is 12.4 Å². The van der Waals surface area contributed by atoms with Crippen molar-refractivity contribution >= 4 is 36.6 Å². The number of nitrogens with zero attached hydrogens (tertiary/aromatic N) is 1. The number of amidine groups is 1. The predicted octanol–water partition coefficient (Wildman–Crippen LogP) is 1.35. The first-order chi connectivity index (χ1) is 6.86. The molecule has 17 heavy (non-hydrogen) atoms. The van der Waals surface area contributed by atoms with E-state index in [1.165, 1.54) is 6.92 Å². The van der Waals surface area contributed by atoms with E-state index in [4.69, 9.17) is 16.6 Å². The number of hydrogen-bond acceptors (Lipinski definition) is 3. The van der Waals surface area contributed by atoms with E-state index in [-0.39, 0.29) is 24.8 Å². The molecule has 0 bridgehead atoms. The number of carboxylic acid groups (broad SMARTS) is 1. The first kappa shape index (κ1) is 21.5. The molecule has 0 spiro atoms. The molecule has 0 saturated heterocycles. The van der Waals surface area contributed by atoms with E-state index in [0.29, 0.717) is 25.2 Å². The van der Waals surface area contributed by atoms with Gasteiger partial charge < -0.3 is 16.6 Å². The van der Waals surface area contributed by atoms with Crippen molar-refractivity contribution in [3.05, 3.63) is 12.2 Å². The summed E-state index contributed by atoms with van der Waals surface area (Å²) in [5.74, 6) is -0.444. The van der Waals surface area contributed by atoms with Crippen molar-refractivity contribution in [2.45, 2.75) is 32.2 Å². The lowest BCUT2D eigenvalue weighted by atomic mass is 9.97. The summed E-state index contributed by atoms with van der Waals surface area (Å²) in [5.41, 5.74) is 9.72. The molecule has 0 aromatic carbocycles. The number of aliphatic carboxylic acids is 1. The lowest BCUT2D eigenvalue weighted by Gasteiger charge is -2.17. The molecule has 1 atom stereocenters. The molecule has 5 nitrogen and oxygen atoms in total. The topological polar surface area (TPSA) is 102 Å². The molecule has 0 saturated carbocycles. The van der Waals surface area contributed by atoms with E-state index in [9.17, 15) is 4.79 Å². The van der Waals surface area contributed by atoms with Crippen LogP contribution in [-0.2, 0) is 4.79 Å². The van der Waals surface area contributed by atoms with Crippen molar-refractivity contribution in [2.75, 3.05) is 6.54 Å². The third-order valence-corrected chi connectivity index (χ3v) is 1.93. The fourth-order valence-corrected chi connectivity index (χ4v) is 0.879. The first-order valence-corrected chi connectivity index (χ1v) is 4.80. The van der Waals surface area contributed by atoms with E-state index in [1.807, 2.05) is 12.2 Å². The molecule has 1 unspecified atom stereocenters. The highest BCUT2D eigenvalue weighted by Gasteiger charge is 2.26. The Bertz CT molecular complexity index is 275. The number of allylic oxidation sites excluding steroid dienone is 1. The normalized spacial score (nSPS) is 14.6. The second-order valence-corrected chi connectivity index (χ2v) is 3.71. The van der Waals surface area contributed by atoms with Gasteiger partial charge in [-0.2, -0.15) is 0 Å². The molecule has 0 aromatic rings. The molecule has 0 radical (unpaired) electrons. The van der Waals surface area contributed by atoms with Gasteiger partial charge in [-0.25, -0.2) is 0 Å². The molecular weight excluding hydrogens is 265 g/mol. The van der Waals surface area contributed by atoms with E-state index >= 15 is 0 Å². The summed E-state index contributed by atoms with van der Waals surface area (Å²) >= 11 is 0. The van der Waals surface area contributed by atoms with E-state index < -0.39 is 11.5 Å². The molecule has 102 valence electrons. The highest BCUT2D eigenvalue weighted by Crippen LogP contribution is 2.09. The minimum atomic E-state index is -1.16. The molecule has 5 N–H and O–H groups in total. The number of rotatable bonds is 6. The van der Waals surface area contributed by atoms with Crippen molar-refractivity contribution in [1.82, 2.24) is 0 Å². The average molecular weight is 286 g/mol. The van der Waals surface area contributed by atoms with Crippen LogP contribution < -0.4 is 11.5 Å². The summed E-state index contributed by atoms with van der Waals surface area (Å²) in [6, 6.07) is 0. The number of carboxylic acids is 1. The number of aliphatic imine (C=N–C) groups is 1.